The summed E-state index contributed by atoms with van der Waals surface area (Å²) in [5, 5.41) is 0. The summed E-state index contributed by atoms with van der Waals surface area (Å²) in [6.07, 6.45) is 2.88. The fourth-order valence-corrected chi connectivity index (χ4v) is 1.51. The van der Waals surface area contributed by atoms with Gasteiger partial charge in [-0.2, -0.15) is 0 Å². The highest BCUT2D eigenvalue weighted by Gasteiger charge is 2.15. The second-order valence-electron chi connectivity index (χ2n) is 3.12. The predicted molar refractivity (Wildman–Crippen MR) is 49.6 cm³/mol. The van der Waals surface area contributed by atoms with E-state index in [1.165, 1.54) is 11.3 Å². The molecule has 0 saturated heterocycles. The fraction of sp³-hybridized carbons (Fsp3) is 0.300. The van der Waals surface area contributed by atoms with E-state index >= 15 is 0 Å². The molecule has 0 fully saturated rings. The summed E-state index contributed by atoms with van der Waals surface area (Å²) in [4.78, 5) is 6.49. The van der Waals surface area contributed by atoms with Crippen molar-refractivity contribution < 1.29 is 0 Å². The van der Waals surface area contributed by atoms with Crippen molar-refractivity contribution in [2.45, 2.75) is 6.42 Å². The fourth-order valence-electron chi connectivity index (χ4n) is 1.51. The van der Waals surface area contributed by atoms with E-state index in [0.717, 1.165) is 18.7 Å². The average molecular weight is 160 g/mol. The zero-order valence-corrected chi connectivity index (χ0v) is 7.25. The molecule has 0 aromatic carbocycles. The first kappa shape index (κ1) is 7.35. The Kier molecular flexibility index (Phi) is 1.61. The van der Waals surface area contributed by atoms with E-state index in [0.29, 0.717) is 0 Å². The Morgan fingerprint density at radius 1 is 1.58 bits per heavy atom. The van der Waals surface area contributed by atoms with Crippen molar-refractivity contribution >= 4 is 5.70 Å². The molecule has 0 amide bonds. The van der Waals surface area contributed by atoms with Crippen LogP contribution in [0, 0.1) is 0 Å². The first-order chi connectivity index (χ1) is 5.79. The van der Waals surface area contributed by atoms with Gasteiger partial charge in [0, 0.05) is 37.5 Å². The maximum Gasteiger partial charge on any atom is 0.0514 e. The Hall–Kier alpha value is -1.31. The van der Waals surface area contributed by atoms with Crippen molar-refractivity contribution in [3.05, 3.63) is 36.2 Å². The highest BCUT2D eigenvalue weighted by molar-refractivity contribution is 5.65. The second kappa shape index (κ2) is 2.63. The van der Waals surface area contributed by atoms with Gasteiger partial charge in [-0.3, -0.25) is 4.98 Å². The molecule has 12 heavy (non-hydrogen) atoms. The zero-order chi connectivity index (χ0) is 8.55. The van der Waals surface area contributed by atoms with E-state index in [9.17, 15) is 0 Å². The molecule has 2 heteroatoms. The van der Waals surface area contributed by atoms with E-state index in [4.69, 9.17) is 0 Å². The second-order valence-corrected chi connectivity index (χ2v) is 3.12. The number of rotatable bonds is 0. The molecule has 1 aliphatic heterocycles. The summed E-state index contributed by atoms with van der Waals surface area (Å²) in [6, 6.07) is 4.05. The van der Waals surface area contributed by atoms with Gasteiger partial charge in [-0.05, 0) is 12.1 Å². The standard InChI is InChI=1S/C10H12N2/c1-8-9-4-3-6-11-10(9)5-7-12(8)2/h3-4,6H,1,5,7H2,2H3. The minimum atomic E-state index is 1.03. The van der Waals surface area contributed by atoms with E-state index in [-0.39, 0.29) is 0 Å². The van der Waals surface area contributed by atoms with Gasteiger partial charge in [0.05, 0.1) is 5.69 Å². The highest BCUT2D eigenvalue weighted by atomic mass is 15.1. The van der Waals surface area contributed by atoms with Crippen molar-refractivity contribution in [3.8, 4) is 0 Å². The van der Waals surface area contributed by atoms with E-state index in [1.807, 2.05) is 12.3 Å². The van der Waals surface area contributed by atoms with Crippen LogP contribution in [-0.2, 0) is 6.42 Å². The molecule has 2 nitrogen and oxygen atoms in total. The molecule has 0 saturated carbocycles. The molecule has 0 atom stereocenters. The molecule has 0 radical (unpaired) electrons. The monoisotopic (exact) mass is 160 g/mol. The smallest absolute Gasteiger partial charge is 0.0514 e. The largest absolute Gasteiger partial charge is 0.374 e. The van der Waals surface area contributed by atoms with Gasteiger partial charge < -0.3 is 4.90 Å². The number of nitrogens with zero attached hydrogens (tertiary/aromatic N) is 2. The van der Waals surface area contributed by atoms with Crippen molar-refractivity contribution in [1.29, 1.82) is 0 Å². The zero-order valence-electron chi connectivity index (χ0n) is 7.25. The number of likely N-dealkylation sites (N-methyl/N-ethyl adjacent to an activating group) is 1. The van der Waals surface area contributed by atoms with Gasteiger partial charge in [0.1, 0.15) is 0 Å². The van der Waals surface area contributed by atoms with E-state index < -0.39 is 0 Å². The van der Waals surface area contributed by atoms with E-state index in [2.05, 4.69) is 29.6 Å². The van der Waals surface area contributed by atoms with Crippen molar-refractivity contribution in [1.82, 2.24) is 9.88 Å². The molecule has 0 bridgehead atoms. The van der Waals surface area contributed by atoms with Crippen molar-refractivity contribution in [2.75, 3.05) is 13.6 Å². The summed E-state index contributed by atoms with van der Waals surface area (Å²) in [6.45, 7) is 5.05. The molecule has 62 valence electrons. The third kappa shape index (κ3) is 0.998. The van der Waals surface area contributed by atoms with Gasteiger partial charge in [-0.15, -0.1) is 0 Å². The number of pyridine rings is 1. The summed E-state index contributed by atoms with van der Waals surface area (Å²) in [5.74, 6) is 0. The molecule has 0 aliphatic carbocycles. The maximum absolute atomic E-state index is 4.32. The lowest BCUT2D eigenvalue weighted by atomic mass is 10.0. The van der Waals surface area contributed by atoms with Crippen LogP contribution in [0.15, 0.2) is 24.9 Å². The lowest BCUT2D eigenvalue weighted by Crippen LogP contribution is -2.25. The van der Waals surface area contributed by atoms with Crippen LogP contribution in [0.2, 0.25) is 0 Å². The Morgan fingerprint density at radius 2 is 2.42 bits per heavy atom. The summed E-state index contributed by atoms with van der Waals surface area (Å²) in [7, 11) is 2.07. The average Bonchev–Trinajstić information content (AvgIpc) is 2.12. The van der Waals surface area contributed by atoms with Crippen LogP contribution < -0.4 is 0 Å². The summed E-state index contributed by atoms with van der Waals surface area (Å²) in [5.41, 5.74) is 3.47. The Balaban J connectivity index is 2.49. The minimum absolute atomic E-state index is 1.03. The van der Waals surface area contributed by atoms with Gasteiger partial charge in [0.15, 0.2) is 0 Å². The first-order valence-electron chi connectivity index (χ1n) is 4.13. The highest BCUT2D eigenvalue weighted by Crippen LogP contribution is 2.23. The molecule has 1 aromatic heterocycles. The minimum Gasteiger partial charge on any atom is -0.374 e. The molecular weight excluding hydrogens is 148 g/mol. The normalized spacial score (nSPS) is 16.1. The molecule has 1 aliphatic rings. The van der Waals surface area contributed by atoms with Gasteiger partial charge in [0.25, 0.3) is 0 Å². The number of fused-ring (bicyclic) bond motifs is 1. The molecule has 0 N–H and O–H groups in total. The van der Waals surface area contributed by atoms with Crippen LogP contribution in [0.4, 0.5) is 0 Å². The van der Waals surface area contributed by atoms with Crippen LogP contribution in [0.25, 0.3) is 5.70 Å². The van der Waals surface area contributed by atoms with E-state index in [1.54, 1.807) is 0 Å². The lowest BCUT2D eigenvalue weighted by molar-refractivity contribution is 0.466. The van der Waals surface area contributed by atoms with Crippen LogP contribution in [0.5, 0.6) is 0 Å². The SMILES string of the molecule is C=C1c2cccnc2CCN1C. The Bertz CT molecular complexity index is 317. The number of aromatic nitrogens is 1. The molecule has 1 aromatic rings. The molecule has 2 rings (SSSR count). The van der Waals surface area contributed by atoms with Crippen LogP contribution in [0.1, 0.15) is 11.3 Å². The molecule has 0 unspecified atom stereocenters. The van der Waals surface area contributed by atoms with Crippen molar-refractivity contribution in [2.24, 2.45) is 0 Å². The molecule has 2 heterocycles. The van der Waals surface area contributed by atoms with Crippen molar-refractivity contribution in [3.63, 3.8) is 0 Å². The lowest BCUT2D eigenvalue weighted by Gasteiger charge is -2.27. The summed E-state index contributed by atoms with van der Waals surface area (Å²) >= 11 is 0. The van der Waals surface area contributed by atoms with Gasteiger partial charge >= 0.3 is 0 Å². The quantitative estimate of drug-likeness (QED) is 0.572. The topological polar surface area (TPSA) is 16.1 Å². The summed E-state index contributed by atoms with van der Waals surface area (Å²) < 4.78 is 0. The van der Waals surface area contributed by atoms with Crippen LogP contribution >= 0.6 is 0 Å². The first-order valence-corrected chi connectivity index (χ1v) is 4.13. The molecular formula is C10H12N2. The third-order valence-corrected chi connectivity index (χ3v) is 2.35. The van der Waals surface area contributed by atoms with Crippen LogP contribution in [-0.4, -0.2) is 23.5 Å². The maximum atomic E-state index is 4.32. The Labute approximate surface area is 72.5 Å². The van der Waals surface area contributed by atoms with Crippen LogP contribution in [0.3, 0.4) is 0 Å². The number of hydrogen-bond donors (Lipinski definition) is 0. The predicted octanol–water partition coefficient (Wildman–Crippen LogP) is 1.54. The van der Waals surface area contributed by atoms with Gasteiger partial charge in [-0.1, -0.05) is 6.58 Å². The third-order valence-electron chi connectivity index (χ3n) is 2.35. The number of hydrogen-bond acceptors (Lipinski definition) is 2. The van der Waals surface area contributed by atoms with Gasteiger partial charge in [0.2, 0.25) is 0 Å². The van der Waals surface area contributed by atoms with Gasteiger partial charge in [-0.25, -0.2) is 0 Å². The molecule has 0 spiro atoms. The Morgan fingerprint density at radius 3 is 3.25 bits per heavy atom.